The van der Waals surface area contributed by atoms with Crippen molar-refractivity contribution in [2.75, 3.05) is 46.3 Å². The average molecular weight is 353 g/mol. The number of nitrogens with one attached hydrogen (secondary N) is 2. The molecule has 1 fully saturated rings. The van der Waals surface area contributed by atoms with Crippen LogP contribution in [0.3, 0.4) is 0 Å². The summed E-state index contributed by atoms with van der Waals surface area (Å²) in [5, 5.41) is 6.56. The largest absolute Gasteiger partial charge is 0.338 e. The Kier molecular flexibility index (Phi) is 7.82. The normalized spacial score (nSPS) is 17.5. The van der Waals surface area contributed by atoms with Gasteiger partial charge in [-0.15, -0.1) is 0 Å². The van der Waals surface area contributed by atoms with Gasteiger partial charge in [-0.1, -0.05) is 23.7 Å². The first-order valence-electron chi connectivity index (χ1n) is 8.75. The van der Waals surface area contributed by atoms with Crippen LogP contribution < -0.4 is 10.6 Å². The standard InChI is InChI=1S/C18H29ClN4O/c1-15(16-6-5-7-17(19)14-16)21-18(24)20-8-3-4-9-23-12-10-22(2)11-13-23/h5-7,14-15H,3-4,8-13H2,1-2H3,(H2,20,21,24). The van der Waals surface area contributed by atoms with Crippen molar-refractivity contribution in [3.05, 3.63) is 34.9 Å². The van der Waals surface area contributed by atoms with E-state index in [-0.39, 0.29) is 12.1 Å². The Bertz CT molecular complexity index is 517. The Morgan fingerprint density at radius 1 is 1.25 bits per heavy atom. The maximum absolute atomic E-state index is 11.9. The molecule has 2 amide bonds. The molecule has 1 aromatic rings. The number of benzene rings is 1. The number of nitrogens with zero attached hydrogens (tertiary/aromatic N) is 2. The van der Waals surface area contributed by atoms with Gasteiger partial charge in [-0.2, -0.15) is 0 Å². The quantitative estimate of drug-likeness (QED) is 0.742. The van der Waals surface area contributed by atoms with Crippen molar-refractivity contribution < 1.29 is 4.79 Å². The van der Waals surface area contributed by atoms with E-state index in [0.717, 1.165) is 51.1 Å². The molecule has 5 nitrogen and oxygen atoms in total. The molecule has 1 heterocycles. The number of halogens is 1. The highest BCUT2D eigenvalue weighted by Crippen LogP contribution is 2.17. The summed E-state index contributed by atoms with van der Waals surface area (Å²) in [6.07, 6.45) is 2.12. The van der Waals surface area contributed by atoms with Gasteiger partial charge in [0.15, 0.2) is 0 Å². The number of unbranched alkanes of at least 4 members (excludes halogenated alkanes) is 1. The van der Waals surface area contributed by atoms with E-state index in [9.17, 15) is 4.79 Å². The Morgan fingerprint density at radius 2 is 2.00 bits per heavy atom. The summed E-state index contributed by atoms with van der Waals surface area (Å²) in [5.41, 5.74) is 1.01. The van der Waals surface area contributed by atoms with Crippen molar-refractivity contribution in [1.82, 2.24) is 20.4 Å². The number of carbonyl (C=O) groups excluding carboxylic acids is 1. The van der Waals surface area contributed by atoms with Gasteiger partial charge in [-0.3, -0.25) is 0 Å². The summed E-state index contributed by atoms with van der Waals surface area (Å²) in [7, 11) is 2.17. The lowest BCUT2D eigenvalue weighted by Crippen LogP contribution is -2.44. The van der Waals surface area contributed by atoms with Gasteiger partial charge in [-0.05, 0) is 51.1 Å². The molecule has 6 heteroatoms. The monoisotopic (exact) mass is 352 g/mol. The van der Waals surface area contributed by atoms with Gasteiger partial charge in [0.05, 0.1) is 6.04 Å². The molecule has 0 radical (unpaired) electrons. The number of hydrogen-bond donors (Lipinski definition) is 2. The minimum Gasteiger partial charge on any atom is -0.338 e. The van der Waals surface area contributed by atoms with Crippen LogP contribution in [0.15, 0.2) is 24.3 Å². The van der Waals surface area contributed by atoms with E-state index in [1.165, 1.54) is 0 Å². The van der Waals surface area contributed by atoms with Crippen molar-refractivity contribution >= 4 is 17.6 Å². The van der Waals surface area contributed by atoms with Gasteiger partial charge in [-0.25, -0.2) is 4.79 Å². The molecule has 2 rings (SSSR count). The average Bonchev–Trinajstić information content (AvgIpc) is 2.56. The molecule has 24 heavy (non-hydrogen) atoms. The maximum atomic E-state index is 11.9. The lowest BCUT2D eigenvalue weighted by molar-refractivity contribution is 0.152. The molecule has 0 spiro atoms. The first kappa shape index (κ1) is 19.0. The van der Waals surface area contributed by atoms with Crippen LogP contribution >= 0.6 is 11.6 Å². The van der Waals surface area contributed by atoms with Crippen LogP contribution in [0, 0.1) is 0 Å². The van der Waals surface area contributed by atoms with E-state index in [2.05, 4.69) is 27.5 Å². The molecule has 2 N–H and O–H groups in total. The summed E-state index contributed by atoms with van der Waals surface area (Å²) >= 11 is 5.98. The van der Waals surface area contributed by atoms with E-state index in [4.69, 9.17) is 11.6 Å². The zero-order chi connectivity index (χ0) is 17.4. The van der Waals surface area contributed by atoms with Crippen LogP contribution in [0.4, 0.5) is 4.79 Å². The highest BCUT2D eigenvalue weighted by molar-refractivity contribution is 6.30. The zero-order valence-electron chi connectivity index (χ0n) is 14.7. The molecule has 0 aliphatic carbocycles. The molecule has 0 aromatic heterocycles. The molecular weight excluding hydrogens is 324 g/mol. The van der Waals surface area contributed by atoms with Crippen LogP contribution in [0.2, 0.25) is 5.02 Å². The molecule has 134 valence electrons. The zero-order valence-corrected chi connectivity index (χ0v) is 15.5. The summed E-state index contributed by atoms with van der Waals surface area (Å²) < 4.78 is 0. The van der Waals surface area contributed by atoms with Gasteiger partial charge in [0.2, 0.25) is 0 Å². The van der Waals surface area contributed by atoms with Crippen LogP contribution in [-0.2, 0) is 0 Å². The summed E-state index contributed by atoms with van der Waals surface area (Å²) in [6.45, 7) is 8.41. The second kappa shape index (κ2) is 9.87. The van der Waals surface area contributed by atoms with E-state index < -0.39 is 0 Å². The number of hydrogen-bond acceptors (Lipinski definition) is 3. The van der Waals surface area contributed by atoms with Crippen LogP contribution in [0.25, 0.3) is 0 Å². The van der Waals surface area contributed by atoms with E-state index in [0.29, 0.717) is 11.6 Å². The minimum atomic E-state index is -0.123. The topological polar surface area (TPSA) is 47.6 Å². The maximum Gasteiger partial charge on any atom is 0.315 e. The molecular formula is C18H29ClN4O. The Balaban J connectivity index is 1.56. The highest BCUT2D eigenvalue weighted by Gasteiger charge is 2.13. The lowest BCUT2D eigenvalue weighted by Gasteiger charge is -2.32. The fourth-order valence-corrected chi connectivity index (χ4v) is 3.04. The van der Waals surface area contributed by atoms with Crippen molar-refractivity contribution in [1.29, 1.82) is 0 Å². The van der Waals surface area contributed by atoms with Crippen molar-refractivity contribution in [2.24, 2.45) is 0 Å². The molecule has 1 aromatic carbocycles. The fraction of sp³-hybridized carbons (Fsp3) is 0.611. The van der Waals surface area contributed by atoms with Gasteiger partial charge in [0.1, 0.15) is 0 Å². The number of rotatable bonds is 7. The van der Waals surface area contributed by atoms with Gasteiger partial charge in [0.25, 0.3) is 0 Å². The predicted molar refractivity (Wildman–Crippen MR) is 99.6 cm³/mol. The summed E-state index contributed by atoms with van der Waals surface area (Å²) in [5.74, 6) is 0. The Hall–Kier alpha value is -1.30. The second-order valence-corrected chi connectivity index (χ2v) is 6.97. The molecule has 1 atom stereocenters. The second-order valence-electron chi connectivity index (χ2n) is 6.53. The smallest absolute Gasteiger partial charge is 0.315 e. The van der Waals surface area contributed by atoms with Gasteiger partial charge >= 0.3 is 6.03 Å². The molecule has 0 bridgehead atoms. The van der Waals surface area contributed by atoms with Crippen LogP contribution in [0.5, 0.6) is 0 Å². The van der Waals surface area contributed by atoms with Crippen molar-refractivity contribution in [3.63, 3.8) is 0 Å². The first-order chi connectivity index (χ1) is 11.5. The van der Waals surface area contributed by atoms with Crippen molar-refractivity contribution in [3.8, 4) is 0 Å². The van der Waals surface area contributed by atoms with Crippen LogP contribution in [0.1, 0.15) is 31.4 Å². The number of carbonyl (C=O) groups is 1. The first-order valence-corrected chi connectivity index (χ1v) is 9.13. The number of urea groups is 1. The highest BCUT2D eigenvalue weighted by atomic mass is 35.5. The molecule has 1 aliphatic heterocycles. The van der Waals surface area contributed by atoms with E-state index >= 15 is 0 Å². The fourth-order valence-electron chi connectivity index (χ4n) is 2.84. The van der Waals surface area contributed by atoms with Gasteiger partial charge < -0.3 is 20.4 Å². The summed E-state index contributed by atoms with van der Waals surface area (Å²) in [6, 6.07) is 7.39. The molecule has 0 saturated carbocycles. The minimum absolute atomic E-state index is 0.0611. The third-order valence-electron chi connectivity index (χ3n) is 4.48. The molecule has 1 unspecified atom stereocenters. The van der Waals surface area contributed by atoms with Crippen molar-refractivity contribution in [2.45, 2.75) is 25.8 Å². The molecule has 1 aliphatic rings. The summed E-state index contributed by atoms with van der Waals surface area (Å²) in [4.78, 5) is 16.8. The Labute approximate surface area is 150 Å². The van der Waals surface area contributed by atoms with Gasteiger partial charge in [0, 0.05) is 37.7 Å². The Morgan fingerprint density at radius 3 is 2.71 bits per heavy atom. The van der Waals surface area contributed by atoms with E-state index in [1.54, 1.807) is 0 Å². The van der Waals surface area contributed by atoms with E-state index in [1.807, 2.05) is 31.2 Å². The number of amides is 2. The van der Waals surface area contributed by atoms with Crippen LogP contribution in [-0.4, -0.2) is 62.1 Å². The molecule has 1 saturated heterocycles. The lowest BCUT2D eigenvalue weighted by atomic mass is 10.1. The SMILES string of the molecule is CC(NC(=O)NCCCCN1CCN(C)CC1)c1cccc(Cl)c1. The predicted octanol–water partition coefficient (Wildman–Crippen LogP) is 2.73. The number of piperazine rings is 1. The number of likely N-dealkylation sites (N-methyl/N-ethyl adjacent to an activating group) is 1. The third kappa shape index (κ3) is 6.67. The third-order valence-corrected chi connectivity index (χ3v) is 4.71.